The van der Waals surface area contributed by atoms with Crippen LogP contribution in [-0.2, 0) is 6.54 Å². The minimum absolute atomic E-state index is 0.542. The predicted molar refractivity (Wildman–Crippen MR) is 64.6 cm³/mol. The first-order chi connectivity index (χ1) is 7.78. The molecule has 16 heavy (non-hydrogen) atoms. The zero-order valence-corrected chi connectivity index (χ0v) is 9.62. The first kappa shape index (κ1) is 10.7. The van der Waals surface area contributed by atoms with Crippen molar-refractivity contribution < 1.29 is 4.74 Å². The maximum absolute atomic E-state index is 5.52. The molecule has 2 rings (SSSR count). The van der Waals surface area contributed by atoms with E-state index < -0.39 is 0 Å². The summed E-state index contributed by atoms with van der Waals surface area (Å²) in [5.41, 5.74) is 6.59. The van der Waals surface area contributed by atoms with E-state index in [-0.39, 0.29) is 0 Å². The molecule has 0 radical (unpaired) electrons. The van der Waals surface area contributed by atoms with Gasteiger partial charge in [0.15, 0.2) is 0 Å². The lowest BCUT2D eigenvalue weighted by Crippen LogP contribution is -1.98. The highest BCUT2D eigenvalue weighted by Gasteiger charge is 1.99. The number of hydrogen-bond acceptors (Lipinski definition) is 6. The Labute approximate surface area is 97.4 Å². The van der Waals surface area contributed by atoms with Crippen LogP contribution >= 0.6 is 11.5 Å². The standard InChI is InChI=1S/C10H12N4OS/c1-15-9-3-2-7(5-12-9)6-13-10-4-8(11)14-16-10/h2-5,13H,6H2,1H3,(H2,11,14). The maximum atomic E-state index is 5.52. The first-order valence-corrected chi connectivity index (χ1v) is 5.50. The molecular weight excluding hydrogens is 224 g/mol. The second-order valence-electron chi connectivity index (χ2n) is 3.18. The van der Waals surface area contributed by atoms with Gasteiger partial charge in [0.2, 0.25) is 5.88 Å². The summed E-state index contributed by atoms with van der Waals surface area (Å²) in [6.45, 7) is 0.693. The molecule has 0 unspecified atom stereocenters. The van der Waals surface area contributed by atoms with Crippen molar-refractivity contribution in [3.05, 3.63) is 30.0 Å². The average Bonchev–Trinajstić information content (AvgIpc) is 2.73. The normalized spacial score (nSPS) is 10.1. The fourth-order valence-electron chi connectivity index (χ4n) is 1.20. The van der Waals surface area contributed by atoms with Gasteiger partial charge < -0.3 is 15.8 Å². The van der Waals surface area contributed by atoms with Gasteiger partial charge in [0.25, 0.3) is 0 Å². The number of ether oxygens (including phenoxy) is 1. The lowest BCUT2D eigenvalue weighted by Gasteiger charge is -2.03. The molecule has 0 aromatic carbocycles. The van der Waals surface area contributed by atoms with Crippen molar-refractivity contribution >= 4 is 22.4 Å². The van der Waals surface area contributed by atoms with Crippen LogP contribution in [0.15, 0.2) is 24.4 Å². The number of anilines is 2. The Bertz CT molecular complexity index is 454. The third-order valence-corrected chi connectivity index (χ3v) is 2.76. The summed E-state index contributed by atoms with van der Waals surface area (Å²) < 4.78 is 8.96. The number of pyridine rings is 1. The Morgan fingerprint density at radius 3 is 2.94 bits per heavy atom. The van der Waals surface area contributed by atoms with Crippen LogP contribution in [0, 0.1) is 0 Å². The fourth-order valence-corrected chi connectivity index (χ4v) is 1.76. The molecule has 0 aliphatic carbocycles. The van der Waals surface area contributed by atoms with Gasteiger partial charge in [-0.1, -0.05) is 6.07 Å². The van der Waals surface area contributed by atoms with E-state index in [4.69, 9.17) is 10.5 Å². The lowest BCUT2D eigenvalue weighted by molar-refractivity contribution is 0.397. The van der Waals surface area contributed by atoms with E-state index in [1.165, 1.54) is 11.5 Å². The summed E-state index contributed by atoms with van der Waals surface area (Å²) in [6.07, 6.45) is 1.77. The van der Waals surface area contributed by atoms with E-state index in [9.17, 15) is 0 Å². The summed E-state index contributed by atoms with van der Waals surface area (Å²) in [6, 6.07) is 5.60. The van der Waals surface area contributed by atoms with Gasteiger partial charge in [-0.2, -0.15) is 4.37 Å². The summed E-state index contributed by atoms with van der Waals surface area (Å²) in [5.74, 6) is 1.16. The molecule has 0 amide bonds. The molecular formula is C10H12N4OS. The molecule has 0 saturated heterocycles. The van der Waals surface area contributed by atoms with E-state index in [0.29, 0.717) is 18.2 Å². The maximum Gasteiger partial charge on any atom is 0.212 e. The van der Waals surface area contributed by atoms with Crippen LogP contribution in [-0.4, -0.2) is 16.5 Å². The summed E-state index contributed by atoms with van der Waals surface area (Å²) >= 11 is 1.35. The number of rotatable bonds is 4. The summed E-state index contributed by atoms with van der Waals surface area (Å²) in [7, 11) is 1.60. The molecule has 84 valence electrons. The Balaban J connectivity index is 1.94. The van der Waals surface area contributed by atoms with Crippen LogP contribution in [0.3, 0.4) is 0 Å². The molecule has 6 heteroatoms. The van der Waals surface area contributed by atoms with Crippen LogP contribution in [0.1, 0.15) is 5.56 Å². The van der Waals surface area contributed by atoms with Crippen LogP contribution < -0.4 is 15.8 Å². The minimum atomic E-state index is 0.542. The highest BCUT2D eigenvalue weighted by molar-refractivity contribution is 7.10. The topological polar surface area (TPSA) is 73.1 Å². The van der Waals surface area contributed by atoms with Gasteiger partial charge in [0, 0.05) is 24.9 Å². The molecule has 5 nitrogen and oxygen atoms in total. The van der Waals surface area contributed by atoms with Gasteiger partial charge in [-0.3, -0.25) is 0 Å². The molecule has 0 aliphatic heterocycles. The van der Waals surface area contributed by atoms with E-state index in [2.05, 4.69) is 14.7 Å². The van der Waals surface area contributed by atoms with E-state index in [1.807, 2.05) is 18.2 Å². The van der Waals surface area contributed by atoms with Crippen LogP contribution in [0.5, 0.6) is 5.88 Å². The molecule has 0 bridgehead atoms. The molecule has 0 aliphatic rings. The fraction of sp³-hybridized carbons (Fsp3) is 0.200. The number of nitrogens with one attached hydrogen (secondary N) is 1. The molecule has 2 aromatic rings. The van der Waals surface area contributed by atoms with E-state index in [1.54, 1.807) is 13.3 Å². The Morgan fingerprint density at radius 1 is 1.50 bits per heavy atom. The number of methoxy groups -OCH3 is 1. The highest BCUT2D eigenvalue weighted by atomic mass is 32.1. The van der Waals surface area contributed by atoms with Crippen molar-refractivity contribution in [3.8, 4) is 5.88 Å². The molecule has 0 fully saturated rings. The smallest absolute Gasteiger partial charge is 0.212 e. The Morgan fingerprint density at radius 2 is 2.38 bits per heavy atom. The molecule has 0 spiro atoms. The molecule has 3 N–H and O–H groups in total. The van der Waals surface area contributed by atoms with Crippen molar-refractivity contribution in [3.63, 3.8) is 0 Å². The van der Waals surface area contributed by atoms with Gasteiger partial charge in [-0.25, -0.2) is 4.98 Å². The second-order valence-corrected chi connectivity index (χ2v) is 3.98. The lowest BCUT2D eigenvalue weighted by atomic mass is 10.3. The van der Waals surface area contributed by atoms with Crippen LogP contribution in [0.2, 0.25) is 0 Å². The number of nitrogens with zero attached hydrogens (tertiary/aromatic N) is 2. The molecule has 2 aromatic heterocycles. The number of hydrogen-bond donors (Lipinski definition) is 2. The van der Waals surface area contributed by atoms with E-state index >= 15 is 0 Å². The SMILES string of the molecule is COc1ccc(CNc2cc(N)ns2)cn1. The summed E-state index contributed by atoms with van der Waals surface area (Å²) in [4.78, 5) is 4.12. The molecule has 0 atom stereocenters. The Kier molecular flexibility index (Phi) is 3.21. The zero-order chi connectivity index (χ0) is 11.4. The first-order valence-electron chi connectivity index (χ1n) is 4.73. The zero-order valence-electron chi connectivity index (χ0n) is 8.80. The molecule has 2 heterocycles. The third-order valence-electron chi connectivity index (χ3n) is 2.00. The van der Waals surface area contributed by atoms with Crippen molar-refractivity contribution in [2.24, 2.45) is 0 Å². The van der Waals surface area contributed by atoms with Crippen molar-refractivity contribution in [1.29, 1.82) is 0 Å². The third kappa shape index (κ3) is 2.60. The second kappa shape index (κ2) is 4.80. The number of nitrogens with two attached hydrogens (primary N) is 1. The van der Waals surface area contributed by atoms with Crippen LogP contribution in [0.4, 0.5) is 10.8 Å². The van der Waals surface area contributed by atoms with Crippen molar-refractivity contribution in [2.75, 3.05) is 18.2 Å². The van der Waals surface area contributed by atoms with Gasteiger partial charge in [-0.05, 0) is 17.1 Å². The minimum Gasteiger partial charge on any atom is -0.481 e. The number of nitrogen functional groups attached to an aromatic ring is 1. The number of aromatic nitrogens is 2. The quantitative estimate of drug-likeness (QED) is 0.846. The average molecular weight is 236 g/mol. The highest BCUT2D eigenvalue weighted by Crippen LogP contribution is 2.18. The van der Waals surface area contributed by atoms with E-state index in [0.717, 1.165) is 10.6 Å². The largest absolute Gasteiger partial charge is 0.481 e. The van der Waals surface area contributed by atoms with Gasteiger partial charge in [-0.15, -0.1) is 0 Å². The van der Waals surface area contributed by atoms with Crippen LogP contribution in [0.25, 0.3) is 0 Å². The van der Waals surface area contributed by atoms with Gasteiger partial charge in [0.05, 0.1) is 7.11 Å². The van der Waals surface area contributed by atoms with Gasteiger partial charge >= 0.3 is 0 Å². The Hall–Kier alpha value is -1.82. The monoisotopic (exact) mass is 236 g/mol. The predicted octanol–water partition coefficient (Wildman–Crippen LogP) is 1.74. The van der Waals surface area contributed by atoms with Crippen molar-refractivity contribution in [2.45, 2.75) is 6.54 Å². The molecule has 0 saturated carbocycles. The van der Waals surface area contributed by atoms with Crippen molar-refractivity contribution in [1.82, 2.24) is 9.36 Å². The van der Waals surface area contributed by atoms with Gasteiger partial charge in [0.1, 0.15) is 10.8 Å². The summed E-state index contributed by atoms with van der Waals surface area (Å²) in [5, 5.41) is 4.17.